The molecule has 1 saturated carbocycles. The van der Waals surface area contributed by atoms with Crippen molar-refractivity contribution in [3.63, 3.8) is 0 Å². The lowest BCUT2D eigenvalue weighted by Gasteiger charge is -2.26. The van der Waals surface area contributed by atoms with Gasteiger partial charge in [-0.05, 0) is 38.5 Å². The normalized spacial score (nSPS) is 24.7. The summed E-state index contributed by atoms with van der Waals surface area (Å²) in [6.07, 6.45) is 7.54. The summed E-state index contributed by atoms with van der Waals surface area (Å²) in [5.41, 5.74) is 2.53. The molecule has 0 radical (unpaired) electrons. The molecule has 0 bridgehead atoms. The summed E-state index contributed by atoms with van der Waals surface area (Å²) < 4.78 is 2.22. The van der Waals surface area contributed by atoms with Crippen molar-refractivity contribution in [2.75, 3.05) is 0 Å². The molecule has 0 spiro atoms. The molecule has 1 aliphatic rings. The van der Waals surface area contributed by atoms with Crippen LogP contribution in [0.1, 0.15) is 63.8 Å². The fourth-order valence-corrected chi connectivity index (χ4v) is 2.70. The maximum Gasteiger partial charge on any atom is 0.0638 e. The topological polar surface area (TPSA) is 29.9 Å². The van der Waals surface area contributed by atoms with E-state index >= 15 is 0 Å². The molecular weight excluding hydrogens is 222 g/mol. The minimum atomic E-state index is 0.531. The third-order valence-corrected chi connectivity index (χ3v) is 4.08. The highest BCUT2D eigenvalue weighted by atomic mass is 15.3. The van der Waals surface area contributed by atoms with E-state index in [4.69, 9.17) is 5.10 Å². The summed E-state index contributed by atoms with van der Waals surface area (Å²) in [6.45, 7) is 9.79. The third kappa shape index (κ3) is 3.35. The Kier molecular flexibility index (Phi) is 4.44. The van der Waals surface area contributed by atoms with Crippen LogP contribution in [0.15, 0.2) is 6.20 Å². The van der Waals surface area contributed by atoms with Gasteiger partial charge in [-0.15, -0.1) is 0 Å². The maximum absolute atomic E-state index is 4.71. The second-order valence-corrected chi connectivity index (χ2v) is 6.17. The Morgan fingerprint density at radius 1 is 1.33 bits per heavy atom. The van der Waals surface area contributed by atoms with Crippen molar-refractivity contribution in [3.05, 3.63) is 17.5 Å². The van der Waals surface area contributed by atoms with Gasteiger partial charge >= 0.3 is 0 Å². The fraction of sp³-hybridized carbons (Fsp3) is 0.800. The molecule has 2 rings (SSSR count). The van der Waals surface area contributed by atoms with Crippen molar-refractivity contribution in [2.24, 2.45) is 5.92 Å². The van der Waals surface area contributed by atoms with E-state index in [1.54, 1.807) is 0 Å². The van der Waals surface area contributed by atoms with Crippen molar-refractivity contribution in [1.82, 2.24) is 15.1 Å². The molecule has 102 valence electrons. The van der Waals surface area contributed by atoms with E-state index in [0.717, 1.165) is 12.5 Å². The number of rotatable bonds is 4. The van der Waals surface area contributed by atoms with E-state index in [-0.39, 0.29) is 0 Å². The smallest absolute Gasteiger partial charge is 0.0638 e. The molecule has 1 N–H and O–H groups in total. The first kappa shape index (κ1) is 13.6. The first-order valence-electron chi connectivity index (χ1n) is 7.34. The van der Waals surface area contributed by atoms with Gasteiger partial charge in [0.15, 0.2) is 0 Å². The molecule has 1 aromatic rings. The van der Waals surface area contributed by atoms with Crippen molar-refractivity contribution >= 4 is 0 Å². The Morgan fingerprint density at radius 3 is 2.61 bits per heavy atom. The van der Waals surface area contributed by atoms with E-state index in [1.165, 1.54) is 36.9 Å². The van der Waals surface area contributed by atoms with E-state index in [1.807, 2.05) is 0 Å². The standard InChI is InChI=1S/C15H27N3/c1-11(2)16-9-14-10-18(17-13(14)4)15-7-5-12(3)6-8-15/h10-12,15-16H,5-9H2,1-4H3. The van der Waals surface area contributed by atoms with Crippen molar-refractivity contribution in [2.45, 2.75) is 72.0 Å². The quantitative estimate of drug-likeness (QED) is 0.886. The predicted molar refractivity (Wildman–Crippen MR) is 75.6 cm³/mol. The zero-order valence-corrected chi connectivity index (χ0v) is 12.2. The second-order valence-electron chi connectivity index (χ2n) is 6.17. The molecule has 0 amide bonds. The predicted octanol–water partition coefficient (Wildman–Crippen LogP) is 3.44. The van der Waals surface area contributed by atoms with E-state index in [0.29, 0.717) is 12.1 Å². The Balaban J connectivity index is 1.99. The molecule has 0 atom stereocenters. The van der Waals surface area contributed by atoms with Gasteiger partial charge < -0.3 is 5.32 Å². The monoisotopic (exact) mass is 249 g/mol. The summed E-state index contributed by atoms with van der Waals surface area (Å²) in [7, 11) is 0. The Bertz CT molecular complexity index is 373. The zero-order valence-electron chi connectivity index (χ0n) is 12.2. The van der Waals surface area contributed by atoms with Gasteiger partial charge in [-0.3, -0.25) is 4.68 Å². The van der Waals surface area contributed by atoms with Crippen LogP contribution in [0.5, 0.6) is 0 Å². The highest BCUT2D eigenvalue weighted by Gasteiger charge is 2.20. The van der Waals surface area contributed by atoms with Crippen LogP contribution in [0.4, 0.5) is 0 Å². The fourth-order valence-electron chi connectivity index (χ4n) is 2.70. The summed E-state index contributed by atoms with van der Waals surface area (Å²) >= 11 is 0. The van der Waals surface area contributed by atoms with Crippen molar-refractivity contribution < 1.29 is 0 Å². The molecule has 0 aliphatic heterocycles. The van der Waals surface area contributed by atoms with Gasteiger partial charge in [0.1, 0.15) is 0 Å². The number of hydrogen-bond acceptors (Lipinski definition) is 2. The first-order valence-corrected chi connectivity index (χ1v) is 7.34. The van der Waals surface area contributed by atoms with Crippen LogP contribution in [0.25, 0.3) is 0 Å². The van der Waals surface area contributed by atoms with Crippen molar-refractivity contribution in [1.29, 1.82) is 0 Å². The van der Waals surface area contributed by atoms with Gasteiger partial charge in [-0.25, -0.2) is 0 Å². The van der Waals surface area contributed by atoms with Crippen LogP contribution in [0, 0.1) is 12.8 Å². The lowest BCUT2D eigenvalue weighted by Crippen LogP contribution is -2.22. The lowest BCUT2D eigenvalue weighted by molar-refractivity contribution is 0.273. The van der Waals surface area contributed by atoms with Gasteiger partial charge in [0, 0.05) is 24.3 Å². The molecule has 0 aromatic carbocycles. The van der Waals surface area contributed by atoms with Crippen LogP contribution in [0.3, 0.4) is 0 Å². The number of hydrogen-bond donors (Lipinski definition) is 1. The van der Waals surface area contributed by atoms with E-state index in [2.05, 4.69) is 43.9 Å². The summed E-state index contributed by atoms with van der Waals surface area (Å²) in [5, 5.41) is 8.19. The number of aryl methyl sites for hydroxylation is 1. The number of aromatic nitrogens is 2. The molecule has 1 aliphatic carbocycles. The van der Waals surface area contributed by atoms with E-state index < -0.39 is 0 Å². The minimum absolute atomic E-state index is 0.531. The molecular formula is C15H27N3. The number of nitrogens with one attached hydrogen (secondary N) is 1. The third-order valence-electron chi connectivity index (χ3n) is 4.08. The first-order chi connectivity index (χ1) is 8.56. The summed E-state index contributed by atoms with van der Waals surface area (Å²) in [6, 6.07) is 1.16. The molecule has 1 fully saturated rings. The summed E-state index contributed by atoms with van der Waals surface area (Å²) in [5.74, 6) is 0.903. The Hall–Kier alpha value is -0.830. The molecule has 3 heteroatoms. The molecule has 3 nitrogen and oxygen atoms in total. The molecule has 1 heterocycles. The molecule has 0 saturated heterocycles. The average Bonchev–Trinajstić information content (AvgIpc) is 2.69. The van der Waals surface area contributed by atoms with Crippen LogP contribution >= 0.6 is 0 Å². The molecule has 18 heavy (non-hydrogen) atoms. The Morgan fingerprint density at radius 2 is 2.00 bits per heavy atom. The Labute approximate surface area is 111 Å². The van der Waals surface area contributed by atoms with Gasteiger partial charge in [0.05, 0.1) is 11.7 Å². The van der Waals surface area contributed by atoms with Crippen molar-refractivity contribution in [3.8, 4) is 0 Å². The van der Waals surface area contributed by atoms with Gasteiger partial charge in [0.25, 0.3) is 0 Å². The largest absolute Gasteiger partial charge is 0.310 e. The van der Waals surface area contributed by atoms with Crippen LogP contribution in [-0.4, -0.2) is 15.8 Å². The maximum atomic E-state index is 4.71. The summed E-state index contributed by atoms with van der Waals surface area (Å²) in [4.78, 5) is 0. The van der Waals surface area contributed by atoms with Crippen LogP contribution in [0.2, 0.25) is 0 Å². The highest BCUT2D eigenvalue weighted by Crippen LogP contribution is 2.31. The second kappa shape index (κ2) is 5.87. The van der Waals surface area contributed by atoms with Gasteiger partial charge in [-0.2, -0.15) is 5.10 Å². The minimum Gasteiger partial charge on any atom is -0.310 e. The molecule has 0 unspecified atom stereocenters. The lowest BCUT2D eigenvalue weighted by atomic mass is 9.87. The average molecular weight is 249 g/mol. The zero-order chi connectivity index (χ0) is 13.1. The number of nitrogens with zero attached hydrogens (tertiary/aromatic N) is 2. The van der Waals surface area contributed by atoms with Gasteiger partial charge in [0.2, 0.25) is 0 Å². The highest BCUT2D eigenvalue weighted by molar-refractivity contribution is 5.15. The SMILES string of the molecule is Cc1nn(C2CCC(C)CC2)cc1CNC(C)C. The van der Waals surface area contributed by atoms with Crippen LogP contribution < -0.4 is 5.32 Å². The molecule has 1 aromatic heterocycles. The van der Waals surface area contributed by atoms with Crippen LogP contribution in [-0.2, 0) is 6.54 Å². The van der Waals surface area contributed by atoms with E-state index in [9.17, 15) is 0 Å². The van der Waals surface area contributed by atoms with Gasteiger partial charge in [-0.1, -0.05) is 20.8 Å².